The molecule has 2 aromatic carbocycles. The number of piperazine rings is 1. The zero-order valence-electron chi connectivity index (χ0n) is 20.9. The van der Waals surface area contributed by atoms with E-state index in [-0.39, 0.29) is 24.8 Å². The van der Waals surface area contributed by atoms with Crippen LogP contribution in [-0.4, -0.2) is 72.8 Å². The van der Waals surface area contributed by atoms with Crippen molar-refractivity contribution in [3.8, 4) is 0 Å². The zero-order valence-corrected chi connectivity index (χ0v) is 20.9. The Balaban J connectivity index is 1.11. The van der Waals surface area contributed by atoms with Crippen molar-refractivity contribution in [3.63, 3.8) is 0 Å². The highest BCUT2D eigenvalue weighted by Crippen LogP contribution is 2.35. The third kappa shape index (κ3) is 4.68. The predicted octanol–water partition coefficient (Wildman–Crippen LogP) is 2.51. The van der Waals surface area contributed by atoms with E-state index in [2.05, 4.69) is 44.3 Å². The molecule has 3 saturated heterocycles. The van der Waals surface area contributed by atoms with Crippen LogP contribution in [0.3, 0.4) is 0 Å². The number of carbonyl (C=O) groups is 3. The molecule has 8 nitrogen and oxygen atoms in total. The van der Waals surface area contributed by atoms with Crippen LogP contribution in [0.2, 0.25) is 0 Å². The second kappa shape index (κ2) is 9.78. The lowest BCUT2D eigenvalue weighted by Gasteiger charge is -2.37. The third-order valence-corrected chi connectivity index (χ3v) is 8.12. The number of hydrogen-bond acceptors (Lipinski definition) is 6. The van der Waals surface area contributed by atoms with E-state index < -0.39 is 17.8 Å². The van der Waals surface area contributed by atoms with Crippen LogP contribution in [0.1, 0.15) is 47.2 Å². The van der Waals surface area contributed by atoms with Gasteiger partial charge in [-0.05, 0) is 49.1 Å². The molecule has 0 saturated carbocycles. The van der Waals surface area contributed by atoms with Gasteiger partial charge in [-0.25, -0.2) is 4.39 Å². The average molecular weight is 506 g/mol. The minimum atomic E-state index is -0.706. The molecule has 0 aromatic heterocycles. The largest absolute Gasteiger partial charge is 0.372 e. The first-order valence-corrected chi connectivity index (χ1v) is 13.2. The maximum Gasteiger partial charge on any atom is 0.255 e. The molecule has 3 fully saturated rings. The van der Waals surface area contributed by atoms with E-state index in [1.807, 2.05) is 0 Å². The van der Waals surface area contributed by atoms with Crippen LogP contribution in [0, 0.1) is 5.82 Å². The van der Waals surface area contributed by atoms with E-state index in [0.717, 1.165) is 57.1 Å². The van der Waals surface area contributed by atoms with Crippen LogP contribution < -0.4 is 15.1 Å². The van der Waals surface area contributed by atoms with E-state index in [4.69, 9.17) is 0 Å². The number of carbonyl (C=O) groups excluding carboxylic acids is 3. The average Bonchev–Trinajstić information content (AvgIpc) is 3.54. The van der Waals surface area contributed by atoms with E-state index >= 15 is 0 Å². The number of fused-ring (bicyclic) bond motifs is 1. The number of nitrogens with zero attached hydrogens (tertiary/aromatic N) is 4. The Labute approximate surface area is 216 Å². The molecule has 1 unspecified atom stereocenters. The Morgan fingerprint density at radius 2 is 1.62 bits per heavy atom. The van der Waals surface area contributed by atoms with Crippen molar-refractivity contribution >= 4 is 29.1 Å². The first-order valence-electron chi connectivity index (χ1n) is 13.2. The van der Waals surface area contributed by atoms with Crippen molar-refractivity contribution in [3.05, 3.63) is 58.9 Å². The molecule has 1 N–H and O–H groups in total. The third-order valence-electron chi connectivity index (χ3n) is 8.12. The van der Waals surface area contributed by atoms with Gasteiger partial charge in [-0.3, -0.25) is 24.6 Å². The Morgan fingerprint density at radius 3 is 2.32 bits per heavy atom. The van der Waals surface area contributed by atoms with Gasteiger partial charge in [-0.1, -0.05) is 12.1 Å². The zero-order chi connectivity index (χ0) is 25.5. The molecular weight excluding hydrogens is 473 g/mol. The van der Waals surface area contributed by atoms with Crippen LogP contribution in [-0.2, 0) is 22.7 Å². The molecule has 0 bridgehead atoms. The summed E-state index contributed by atoms with van der Waals surface area (Å²) in [7, 11) is 0. The summed E-state index contributed by atoms with van der Waals surface area (Å²) in [4.78, 5) is 45.6. The highest BCUT2D eigenvalue weighted by molar-refractivity contribution is 6.06. The topological polar surface area (TPSA) is 76.2 Å². The summed E-state index contributed by atoms with van der Waals surface area (Å²) in [6, 6.07) is 10.9. The maximum atomic E-state index is 14.6. The Kier molecular flexibility index (Phi) is 6.32. The minimum absolute atomic E-state index is 0.195. The molecule has 0 spiro atoms. The molecule has 4 heterocycles. The molecule has 194 valence electrons. The monoisotopic (exact) mass is 505 g/mol. The number of piperidine rings is 1. The molecule has 3 amide bonds. The Bertz CT molecular complexity index is 1220. The molecular formula is C28H32FN5O3. The van der Waals surface area contributed by atoms with E-state index in [9.17, 15) is 18.8 Å². The molecule has 37 heavy (non-hydrogen) atoms. The number of benzene rings is 2. The summed E-state index contributed by atoms with van der Waals surface area (Å²) in [6.07, 6.45) is 3.02. The molecule has 4 aliphatic rings. The predicted molar refractivity (Wildman–Crippen MR) is 138 cm³/mol. The molecule has 9 heteroatoms. The standard InChI is InChI=1S/C28H32FN5O3/c29-20-15-22-23(18-34(28(22)37)24-7-8-26(35)30-27(24)36)25(16-20)33-13-11-31(12-14-33)17-19-3-5-21(6-4-19)32-9-1-2-10-32/h3-6,15-16,24H,1-2,7-14,17-18H2,(H,30,35,36). The second-order valence-electron chi connectivity index (χ2n) is 10.5. The van der Waals surface area contributed by atoms with Gasteiger partial charge in [0.15, 0.2) is 0 Å². The highest BCUT2D eigenvalue weighted by Gasteiger charge is 2.41. The quantitative estimate of drug-likeness (QED) is 0.630. The molecule has 0 aliphatic carbocycles. The van der Waals surface area contributed by atoms with Gasteiger partial charge < -0.3 is 14.7 Å². The lowest BCUT2D eigenvalue weighted by molar-refractivity contribution is -0.136. The smallest absolute Gasteiger partial charge is 0.255 e. The van der Waals surface area contributed by atoms with Gasteiger partial charge >= 0.3 is 0 Å². The summed E-state index contributed by atoms with van der Waals surface area (Å²) in [5, 5.41) is 2.32. The van der Waals surface area contributed by atoms with E-state index in [1.54, 1.807) is 0 Å². The van der Waals surface area contributed by atoms with E-state index in [0.29, 0.717) is 12.0 Å². The number of hydrogen-bond donors (Lipinski definition) is 1. The van der Waals surface area contributed by atoms with Gasteiger partial charge in [0.05, 0.1) is 0 Å². The first-order chi connectivity index (χ1) is 18.0. The van der Waals surface area contributed by atoms with Crippen LogP contribution in [0.25, 0.3) is 0 Å². The summed E-state index contributed by atoms with van der Waals surface area (Å²) < 4.78 is 14.6. The fourth-order valence-electron chi connectivity index (χ4n) is 6.08. The molecule has 0 radical (unpaired) electrons. The maximum absolute atomic E-state index is 14.6. The summed E-state index contributed by atoms with van der Waals surface area (Å²) in [5.41, 5.74) is 4.40. The van der Waals surface area contributed by atoms with Gasteiger partial charge in [-0.15, -0.1) is 0 Å². The van der Waals surface area contributed by atoms with Crippen molar-refractivity contribution in [1.29, 1.82) is 0 Å². The normalized spacial score (nSPS) is 22.6. The Hall–Kier alpha value is -3.46. The molecule has 1 atom stereocenters. The van der Waals surface area contributed by atoms with Crippen molar-refractivity contribution in [1.82, 2.24) is 15.1 Å². The minimum Gasteiger partial charge on any atom is -0.372 e. The number of nitrogens with one attached hydrogen (secondary N) is 1. The van der Waals surface area contributed by atoms with Gasteiger partial charge in [-0.2, -0.15) is 0 Å². The fraction of sp³-hybridized carbons (Fsp3) is 0.464. The van der Waals surface area contributed by atoms with Gasteiger partial charge in [0, 0.05) is 81.3 Å². The van der Waals surface area contributed by atoms with Crippen molar-refractivity contribution in [2.75, 3.05) is 49.1 Å². The lowest BCUT2D eigenvalue weighted by atomic mass is 10.0. The SMILES string of the molecule is O=C1CCC(N2Cc3c(cc(F)cc3N3CCN(Cc4ccc(N5CCCC5)cc4)CC3)C2=O)C(=O)N1. The number of imide groups is 1. The van der Waals surface area contributed by atoms with E-state index in [1.165, 1.54) is 41.1 Å². The number of amides is 3. The number of halogens is 1. The van der Waals surface area contributed by atoms with Crippen LogP contribution in [0.5, 0.6) is 0 Å². The van der Waals surface area contributed by atoms with Crippen molar-refractivity contribution < 1.29 is 18.8 Å². The van der Waals surface area contributed by atoms with Crippen LogP contribution >= 0.6 is 0 Å². The Morgan fingerprint density at radius 1 is 0.892 bits per heavy atom. The van der Waals surface area contributed by atoms with Crippen LogP contribution in [0.4, 0.5) is 15.8 Å². The van der Waals surface area contributed by atoms with Crippen molar-refractivity contribution in [2.24, 2.45) is 0 Å². The van der Waals surface area contributed by atoms with Gasteiger partial charge in [0.2, 0.25) is 11.8 Å². The second-order valence-corrected chi connectivity index (χ2v) is 10.5. The molecule has 6 rings (SSSR count). The summed E-state index contributed by atoms with van der Waals surface area (Å²) >= 11 is 0. The summed E-state index contributed by atoms with van der Waals surface area (Å²) in [5.74, 6) is -1.58. The van der Waals surface area contributed by atoms with Gasteiger partial charge in [0.25, 0.3) is 5.91 Å². The lowest BCUT2D eigenvalue weighted by Crippen LogP contribution is -2.52. The highest BCUT2D eigenvalue weighted by atomic mass is 19.1. The molecule has 2 aromatic rings. The van der Waals surface area contributed by atoms with Crippen LogP contribution in [0.15, 0.2) is 36.4 Å². The van der Waals surface area contributed by atoms with Gasteiger partial charge in [0.1, 0.15) is 11.9 Å². The first kappa shape index (κ1) is 23.9. The summed E-state index contributed by atoms with van der Waals surface area (Å²) in [6.45, 7) is 6.54. The van der Waals surface area contributed by atoms with Crippen molar-refractivity contribution in [2.45, 2.75) is 44.8 Å². The molecule has 4 aliphatic heterocycles. The number of anilines is 2. The fourth-order valence-corrected chi connectivity index (χ4v) is 6.08. The number of rotatable bonds is 5.